The van der Waals surface area contributed by atoms with Crippen molar-refractivity contribution in [2.45, 2.75) is 0 Å². The number of nitrogens with two attached hydrogens (primary N) is 2. The zero-order valence-electron chi connectivity index (χ0n) is 8.60. The van der Waals surface area contributed by atoms with Crippen LogP contribution in [0.4, 0.5) is 11.4 Å². The molecule has 1 heterocycles. The van der Waals surface area contributed by atoms with Gasteiger partial charge in [0.25, 0.3) is 0 Å². The SMILES string of the molecule is Nc1cccc2[o+]c3ccccc3c(N)c12. The van der Waals surface area contributed by atoms with Crippen LogP contribution < -0.4 is 11.5 Å². The molecule has 0 spiro atoms. The number of hydrogen-bond acceptors (Lipinski definition) is 2. The Morgan fingerprint density at radius 2 is 1.56 bits per heavy atom. The summed E-state index contributed by atoms with van der Waals surface area (Å²) in [7, 11) is 0. The van der Waals surface area contributed by atoms with E-state index in [0.29, 0.717) is 11.4 Å². The molecule has 78 valence electrons. The van der Waals surface area contributed by atoms with E-state index in [1.165, 1.54) is 0 Å². The van der Waals surface area contributed by atoms with Gasteiger partial charge in [-0.2, -0.15) is 0 Å². The first kappa shape index (κ1) is 8.97. The van der Waals surface area contributed by atoms with Gasteiger partial charge in [-0.3, -0.25) is 0 Å². The molecule has 0 aliphatic heterocycles. The van der Waals surface area contributed by atoms with E-state index in [9.17, 15) is 0 Å². The molecule has 2 aromatic carbocycles. The van der Waals surface area contributed by atoms with Crippen LogP contribution in [-0.4, -0.2) is 0 Å². The summed E-state index contributed by atoms with van der Waals surface area (Å²) < 4.78 is 5.75. The summed E-state index contributed by atoms with van der Waals surface area (Å²) in [4.78, 5) is 0. The third-order valence-electron chi connectivity index (χ3n) is 2.72. The molecule has 0 fully saturated rings. The maximum Gasteiger partial charge on any atom is 0.364 e. The number of benzene rings is 2. The molecule has 0 atom stereocenters. The Kier molecular flexibility index (Phi) is 1.74. The summed E-state index contributed by atoms with van der Waals surface area (Å²) in [5, 5.41) is 1.69. The van der Waals surface area contributed by atoms with Crippen molar-refractivity contribution >= 4 is 33.3 Å². The minimum absolute atomic E-state index is 0.643. The largest absolute Gasteiger partial charge is 0.398 e. The molecule has 0 aliphatic carbocycles. The second-order valence-corrected chi connectivity index (χ2v) is 3.73. The molecule has 0 amide bonds. The molecule has 0 radical (unpaired) electrons. The van der Waals surface area contributed by atoms with Gasteiger partial charge < -0.3 is 11.5 Å². The van der Waals surface area contributed by atoms with Crippen molar-refractivity contribution < 1.29 is 4.42 Å². The first-order valence-corrected chi connectivity index (χ1v) is 5.06. The van der Waals surface area contributed by atoms with Crippen molar-refractivity contribution in [2.24, 2.45) is 0 Å². The van der Waals surface area contributed by atoms with E-state index in [4.69, 9.17) is 15.9 Å². The smallest absolute Gasteiger partial charge is 0.364 e. The topological polar surface area (TPSA) is 63.3 Å². The van der Waals surface area contributed by atoms with Crippen molar-refractivity contribution in [3.63, 3.8) is 0 Å². The predicted octanol–water partition coefficient (Wildman–Crippen LogP) is 3.03. The fraction of sp³-hybridized carbons (Fsp3) is 0. The summed E-state index contributed by atoms with van der Waals surface area (Å²) in [5.74, 6) is 0. The lowest BCUT2D eigenvalue weighted by Gasteiger charge is -2.00. The summed E-state index contributed by atoms with van der Waals surface area (Å²) in [6, 6.07) is 13.2. The third kappa shape index (κ3) is 1.11. The van der Waals surface area contributed by atoms with Gasteiger partial charge in [-0.25, -0.2) is 4.42 Å². The molecule has 0 saturated heterocycles. The normalized spacial score (nSPS) is 11.0. The average Bonchev–Trinajstić information content (AvgIpc) is 2.29. The number of nitrogen functional groups attached to an aromatic ring is 2. The van der Waals surface area contributed by atoms with E-state index >= 15 is 0 Å². The number of para-hydroxylation sites is 1. The van der Waals surface area contributed by atoms with Gasteiger partial charge in [0.05, 0.1) is 11.4 Å². The summed E-state index contributed by atoms with van der Waals surface area (Å²) in [6.45, 7) is 0. The Hall–Kier alpha value is -2.29. The monoisotopic (exact) mass is 211 g/mol. The summed E-state index contributed by atoms with van der Waals surface area (Å²) in [5.41, 5.74) is 14.8. The third-order valence-corrected chi connectivity index (χ3v) is 2.72. The van der Waals surface area contributed by atoms with E-state index in [0.717, 1.165) is 21.9 Å². The lowest BCUT2D eigenvalue weighted by Crippen LogP contribution is -1.94. The highest BCUT2D eigenvalue weighted by molar-refractivity contribution is 6.09. The molecule has 16 heavy (non-hydrogen) atoms. The zero-order valence-corrected chi connectivity index (χ0v) is 8.60. The highest BCUT2D eigenvalue weighted by atomic mass is 16.3. The van der Waals surface area contributed by atoms with Crippen LogP contribution in [0.25, 0.3) is 21.9 Å². The van der Waals surface area contributed by atoms with Crippen molar-refractivity contribution in [3.8, 4) is 0 Å². The molecule has 3 heteroatoms. The van der Waals surface area contributed by atoms with Crippen LogP contribution >= 0.6 is 0 Å². The van der Waals surface area contributed by atoms with Crippen molar-refractivity contribution in [3.05, 3.63) is 42.5 Å². The Morgan fingerprint density at radius 3 is 2.44 bits per heavy atom. The van der Waals surface area contributed by atoms with Crippen LogP contribution in [-0.2, 0) is 0 Å². The van der Waals surface area contributed by atoms with E-state index < -0.39 is 0 Å². The van der Waals surface area contributed by atoms with E-state index in [2.05, 4.69) is 0 Å². The molecule has 4 N–H and O–H groups in total. The molecular formula is C13H11N2O+. The molecule has 3 rings (SSSR count). The van der Waals surface area contributed by atoms with Gasteiger partial charge in [-0.05, 0) is 12.1 Å². The van der Waals surface area contributed by atoms with E-state index in [-0.39, 0.29) is 0 Å². The Morgan fingerprint density at radius 1 is 0.812 bits per heavy atom. The van der Waals surface area contributed by atoms with Gasteiger partial charge in [0.1, 0.15) is 10.8 Å². The maximum absolute atomic E-state index is 6.12. The number of fused-ring (bicyclic) bond motifs is 2. The van der Waals surface area contributed by atoms with Gasteiger partial charge in [0.15, 0.2) is 0 Å². The molecule has 0 saturated carbocycles. The number of rotatable bonds is 0. The summed E-state index contributed by atoms with van der Waals surface area (Å²) >= 11 is 0. The molecule has 0 bridgehead atoms. The summed E-state index contributed by atoms with van der Waals surface area (Å²) in [6.07, 6.45) is 0. The second kappa shape index (κ2) is 3.10. The molecule has 1 aromatic heterocycles. The molecule has 3 nitrogen and oxygen atoms in total. The number of anilines is 2. The van der Waals surface area contributed by atoms with Crippen LogP contribution in [0.3, 0.4) is 0 Å². The lowest BCUT2D eigenvalue weighted by atomic mass is 10.1. The van der Waals surface area contributed by atoms with Gasteiger partial charge in [0, 0.05) is 12.1 Å². The average molecular weight is 211 g/mol. The predicted molar refractivity (Wildman–Crippen MR) is 67.0 cm³/mol. The van der Waals surface area contributed by atoms with Gasteiger partial charge in [-0.1, -0.05) is 18.2 Å². The quantitative estimate of drug-likeness (QED) is 0.341. The maximum atomic E-state index is 6.12. The standard InChI is InChI=1S/C13H11N2O/c14-9-5-3-7-11-12(9)13(15)8-4-1-2-6-10(8)16-11/h1-7H,14-15H2/q+1. The second-order valence-electron chi connectivity index (χ2n) is 3.73. The Labute approximate surface area is 92.3 Å². The van der Waals surface area contributed by atoms with Crippen molar-refractivity contribution in [1.29, 1.82) is 0 Å². The van der Waals surface area contributed by atoms with Crippen LogP contribution in [0.2, 0.25) is 0 Å². The first-order chi connectivity index (χ1) is 7.77. The highest BCUT2D eigenvalue weighted by Crippen LogP contribution is 2.33. The van der Waals surface area contributed by atoms with Crippen molar-refractivity contribution in [1.82, 2.24) is 0 Å². The molecule has 3 aromatic rings. The van der Waals surface area contributed by atoms with Crippen LogP contribution in [0.15, 0.2) is 46.9 Å². The van der Waals surface area contributed by atoms with Crippen LogP contribution in [0.1, 0.15) is 0 Å². The number of hydrogen-bond donors (Lipinski definition) is 2. The van der Waals surface area contributed by atoms with Gasteiger partial charge >= 0.3 is 11.2 Å². The Bertz CT molecular complexity index is 692. The van der Waals surface area contributed by atoms with E-state index in [1.54, 1.807) is 0 Å². The zero-order chi connectivity index (χ0) is 11.1. The highest BCUT2D eigenvalue weighted by Gasteiger charge is 2.17. The fourth-order valence-corrected chi connectivity index (χ4v) is 1.95. The Balaban J connectivity index is 2.62. The molecular weight excluding hydrogens is 200 g/mol. The first-order valence-electron chi connectivity index (χ1n) is 5.06. The fourth-order valence-electron chi connectivity index (χ4n) is 1.95. The minimum atomic E-state index is 0.643. The van der Waals surface area contributed by atoms with Crippen molar-refractivity contribution in [2.75, 3.05) is 11.5 Å². The van der Waals surface area contributed by atoms with Crippen LogP contribution in [0, 0.1) is 0 Å². The molecule has 0 aliphatic rings. The lowest BCUT2D eigenvalue weighted by molar-refractivity contribution is 0.661. The van der Waals surface area contributed by atoms with Crippen LogP contribution in [0.5, 0.6) is 0 Å². The molecule has 0 unspecified atom stereocenters. The van der Waals surface area contributed by atoms with Gasteiger partial charge in [0.2, 0.25) is 0 Å². The van der Waals surface area contributed by atoms with Gasteiger partial charge in [-0.15, -0.1) is 0 Å². The van der Waals surface area contributed by atoms with E-state index in [1.807, 2.05) is 42.5 Å². The minimum Gasteiger partial charge on any atom is -0.398 e.